The van der Waals surface area contributed by atoms with Gasteiger partial charge < -0.3 is 4.57 Å². The van der Waals surface area contributed by atoms with E-state index < -0.39 is 0 Å². The summed E-state index contributed by atoms with van der Waals surface area (Å²) in [6, 6.07) is 61.1. The Bertz CT molecular complexity index is 2850. The van der Waals surface area contributed by atoms with Gasteiger partial charge in [0.05, 0.1) is 11.0 Å². The topological polar surface area (TPSA) is 4.93 Å². The Kier molecular flexibility index (Phi) is 5.51. The van der Waals surface area contributed by atoms with Crippen molar-refractivity contribution in [3.05, 3.63) is 175 Å². The van der Waals surface area contributed by atoms with E-state index in [1.807, 2.05) is 0 Å². The van der Waals surface area contributed by atoms with E-state index in [2.05, 4.69) is 182 Å². The molecule has 0 atom stereocenters. The van der Waals surface area contributed by atoms with E-state index >= 15 is 0 Å². The van der Waals surface area contributed by atoms with Gasteiger partial charge in [0.2, 0.25) is 0 Å². The fourth-order valence-corrected chi connectivity index (χ4v) is 9.18. The summed E-state index contributed by atoms with van der Waals surface area (Å²) in [6.07, 6.45) is 0. The molecule has 0 amide bonds. The van der Waals surface area contributed by atoms with Gasteiger partial charge in [-0.3, -0.25) is 0 Å². The maximum Gasteiger partial charge on any atom is 0.0547 e. The van der Waals surface area contributed by atoms with Crippen LogP contribution in [0.2, 0.25) is 0 Å². The minimum Gasteiger partial charge on any atom is -0.309 e. The second kappa shape index (κ2) is 9.94. The van der Waals surface area contributed by atoms with Gasteiger partial charge >= 0.3 is 0 Å². The van der Waals surface area contributed by atoms with E-state index in [0.29, 0.717) is 0 Å². The normalized spacial score (nSPS) is 13.6. The highest BCUT2D eigenvalue weighted by atomic mass is 15.0. The predicted molar refractivity (Wildman–Crippen MR) is 211 cm³/mol. The van der Waals surface area contributed by atoms with Gasteiger partial charge in [0.25, 0.3) is 0 Å². The lowest BCUT2D eigenvalue weighted by atomic mass is 9.81. The molecule has 0 bridgehead atoms. The summed E-state index contributed by atoms with van der Waals surface area (Å²) in [7, 11) is 0. The molecule has 2 aliphatic rings. The summed E-state index contributed by atoms with van der Waals surface area (Å²) < 4.78 is 2.41. The summed E-state index contributed by atoms with van der Waals surface area (Å²) in [6.45, 7) is 4.75. The van der Waals surface area contributed by atoms with Crippen molar-refractivity contribution in [2.45, 2.75) is 19.3 Å². The number of nitrogens with zero attached hydrogens (tertiary/aromatic N) is 1. The first-order chi connectivity index (χ1) is 24.6. The molecule has 0 saturated carbocycles. The minimum atomic E-state index is -0.0743. The van der Waals surface area contributed by atoms with Gasteiger partial charge in [-0.05, 0) is 114 Å². The lowest BCUT2D eigenvalue weighted by Gasteiger charge is -2.22. The van der Waals surface area contributed by atoms with E-state index in [0.717, 1.165) is 0 Å². The molecule has 1 heteroatoms. The van der Waals surface area contributed by atoms with Crippen LogP contribution in [-0.2, 0) is 5.41 Å². The summed E-state index contributed by atoms with van der Waals surface area (Å²) in [5.41, 5.74) is 19.4. The van der Waals surface area contributed by atoms with Gasteiger partial charge in [-0.2, -0.15) is 0 Å². The van der Waals surface area contributed by atoms with E-state index in [1.165, 1.54) is 105 Å². The molecule has 0 aliphatic heterocycles. The second-order valence-corrected chi connectivity index (χ2v) is 14.5. The Balaban J connectivity index is 1.08. The van der Waals surface area contributed by atoms with Crippen molar-refractivity contribution in [3.63, 3.8) is 0 Å². The molecule has 8 aromatic carbocycles. The first-order valence-corrected chi connectivity index (χ1v) is 17.6. The van der Waals surface area contributed by atoms with Crippen LogP contribution in [0.25, 0.3) is 93.9 Å². The first kappa shape index (κ1) is 27.7. The smallest absolute Gasteiger partial charge is 0.0547 e. The third-order valence-corrected chi connectivity index (χ3v) is 11.6. The highest BCUT2D eigenvalue weighted by molar-refractivity contribution is 6.19. The van der Waals surface area contributed by atoms with Crippen molar-refractivity contribution in [3.8, 4) is 61.3 Å². The fourth-order valence-electron chi connectivity index (χ4n) is 9.18. The minimum absolute atomic E-state index is 0.0743. The molecule has 0 spiro atoms. The first-order valence-electron chi connectivity index (χ1n) is 17.6. The number of benzene rings is 8. The lowest BCUT2D eigenvalue weighted by molar-refractivity contribution is 0.660. The van der Waals surface area contributed by atoms with Crippen LogP contribution >= 0.6 is 0 Å². The molecule has 50 heavy (non-hydrogen) atoms. The molecular formula is C49H33N. The molecule has 1 aromatic heterocycles. The average molecular weight is 636 g/mol. The zero-order valence-corrected chi connectivity index (χ0v) is 28.0. The summed E-state index contributed by atoms with van der Waals surface area (Å²) in [5, 5.41) is 5.25. The van der Waals surface area contributed by atoms with Gasteiger partial charge in [-0.15, -0.1) is 0 Å². The number of rotatable bonds is 3. The fraction of sp³-hybridized carbons (Fsp3) is 0.0612. The maximum absolute atomic E-state index is 2.45. The molecule has 1 heterocycles. The van der Waals surface area contributed by atoms with Crippen molar-refractivity contribution >= 4 is 32.6 Å². The lowest BCUT2D eigenvalue weighted by Crippen LogP contribution is -2.14. The van der Waals surface area contributed by atoms with Crippen LogP contribution in [0.1, 0.15) is 25.0 Å². The SMILES string of the molecule is CC1(C)c2ccc(-c3ccc4c5ccccc5n(-c5ccccc5)c4c3)cc2-c2cc(-c3ccc4c5c(cccc35)-c3ccccc3-4)ccc21. The van der Waals surface area contributed by atoms with Crippen LogP contribution in [0, 0.1) is 0 Å². The zero-order valence-electron chi connectivity index (χ0n) is 28.0. The molecule has 0 unspecified atom stereocenters. The van der Waals surface area contributed by atoms with Crippen LogP contribution in [0.3, 0.4) is 0 Å². The van der Waals surface area contributed by atoms with Crippen molar-refractivity contribution < 1.29 is 0 Å². The predicted octanol–water partition coefficient (Wildman–Crippen LogP) is 13.2. The summed E-state index contributed by atoms with van der Waals surface area (Å²) >= 11 is 0. The Morgan fingerprint density at radius 2 is 0.920 bits per heavy atom. The molecule has 11 rings (SSSR count). The molecule has 0 fully saturated rings. The highest BCUT2D eigenvalue weighted by Crippen LogP contribution is 2.53. The maximum atomic E-state index is 2.45. The van der Waals surface area contributed by atoms with Crippen LogP contribution in [-0.4, -0.2) is 4.57 Å². The number of para-hydroxylation sites is 2. The molecule has 0 radical (unpaired) electrons. The quantitative estimate of drug-likeness (QED) is 0.182. The Labute approximate surface area is 291 Å². The van der Waals surface area contributed by atoms with Gasteiger partial charge in [0, 0.05) is 21.9 Å². The largest absolute Gasteiger partial charge is 0.309 e. The number of hydrogen-bond donors (Lipinski definition) is 0. The third kappa shape index (κ3) is 3.67. The summed E-state index contributed by atoms with van der Waals surface area (Å²) in [5.74, 6) is 0. The second-order valence-electron chi connectivity index (χ2n) is 14.5. The Morgan fingerprint density at radius 1 is 0.360 bits per heavy atom. The van der Waals surface area contributed by atoms with Crippen LogP contribution < -0.4 is 0 Å². The van der Waals surface area contributed by atoms with Gasteiger partial charge in [0.1, 0.15) is 0 Å². The van der Waals surface area contributed by atoms with Gasteiger partial charge in [0.15, 0.2) is 0 Å². The number of fused-ring (bicyclic) bond motifs is 9. The zero-order chi connectivity index (χ0) is 33.1. The molecule has 2 aliphatic carbocycles. The highest BCUT2D eigenvalue weighted by Gasteiger charge is 2.36. The standard InChI is InChI=1S/C49H33N/c1-49(2)44-25-20-30(31-19-22-38-37-15-8-9-18-46(37)50(47(38)29-31)33-11-4-3-5-12-33)27-42(44)43-28-32(21-26-45(43)49)34-23-24-41-36-14-7-6-13-35(36)40-17-10-16-39(34)48(40)41/h3-29H,1-2H3. The van der Waals surface area contributed by atoms with E-state index in [4.69, 9.17) is 0 Å². The van der Waals surface area contributed by atoms with E-state index in [9.17, 15) is 0 Å². The molecule has 234 valence electrons. The average Bonchev–Trinajstić information content (AvgIpc) is 3.76. The van der Waals surface area contributed by atoms with Crippen molar-refractivity contribution in [1.82, 2.24) is 4.57 Å². The Hall–Kier alpha value is -6.18. The molecule has 1 nitrogen and oxygen atoms in total. The number of hydrogen-bond acceptors (Lipinski definition) is 0. The number of aromatic nitrogens is 1. The monoisotopic (exact) mass is 635 g/mol. The van der Waals surface area contributed by atoms with E-state index in [-0.39, 0.29) is 5.41 Å². The van der Waals surface area contributed by atoms with Crippen molar-refractivity contribution in [2.75, 3.05) is 0 Å². The van der Waals surface area contributed by atoms with Crippen LogP contribution in [0.5, 0.6) is 0 Å². The van der Waals surface area contributed by atoms with Gasteiger partial charge in [-0.1, -0.05) is 141 Å². The molecule has 0 N–H and O–H groups in total. The van der Waals surface area contributed by atoms with Crippen LogP contribution in [0.15, 0.2) is 164 Å². The summed E-state index contributed by atoms with van der Waals surface area (Å²) in [4.78, 5) is 0. The molecule has 9 aromatic rings. The van der Waals surface area contributed by atoms with Crippen LogP contribution in [0.4, 0.5) is 0 Å². The van der Waals surface area contributed by atoms with E-state index in [1.54, 1.807) is 0 Å². The third-order valence-electron chi connectivity index (χ3n) is 11.6. The van der Waals surface area contributed by atoms with Crippen molar-refractivity contribution in [2.24, 2.45) is 0 Å². The van der Waals surface area contributed by atoms with Gasteiger partial charge in [-0.25, -0.2) is 0 Å². The van der Waals surface area contributed by atoms with Crippen molar-refractivity contribution in [1.29, 1.82) is 0 Å². The molecular weight excluding hydrogens is 603 g/mol. The Morgan fingerprint density at radius 3 is 1.72 bits per heavy atom. The molecule has 0 saturated heterocycles.